The molecule has 1 N–H and O–H groups in total. The fourth-order valence-corrected chi connectivity index (χ4v) is 2.46. The zero-order valence-electron chi connectivity index (χ0n) is 11.4. The first-order chi connectivity index (χ1) is 9.40. The van der Waals surface area contributed by atoms with Crippen molar-refractivity contribution in [3.05, 3.63) is 51.3 Å². The molecule has 4 nitrogen and oxygen atoms in total. The molecule has 0 saturated heterocycles. The summed E-state index contributed by atoms with van der Waals surface area (Å²) in [7, 11) is 1.86. The number of amides is 1. The van der Waals surface area contributed by atoms with Crippen LogP contribution in [-0.4, -0.2) is 15.7 Å². The van der Waals surface area contributed by atoms with Gasteiger partial charge in [0.15, 0.2) is 0 Å². The zero-order chi connectivity index (χ0) is 14.9. The number of benzene rings is 1. The van der Waals surface area contributed by atoms with Crippen molar-refractivity contribution in [2.75, 3.05) is 0 Å². The second-order valence-corrected chi connectivity index (χ2v) is 5.47. The van der Waals surface area contributed by atoms with Crippen molar-refractivity contribution in [2.24, 2.45) is 7.05 Å². The van der Waals surface area contributed by atoms with Crippen LogP contribution in [0.5, 0.6) is 0 Å². The van der Waals surface area contributed by atoms with E-state index < -0.39 is 0 Å². The van der Waals surface area contributed by atoms with Gasteiger partial charge in [0.2, 0.25) is 0 Å². The van der Waals surface area contributed by atoms with Crippen LogP contribution in [0, 0.1) is 6.92 Å². The highest BCUT2D eigenvalue weighted by atomic mass is 35.5. The molecule has 2 aromatic rings. The lowest BCUT2D eigenvalue weighted by atomic mass is 10.1. The van der Waals surface area contributed by atoms with Gasteiger partial charge in [-0.3, -0.25) is 9.48 Å². The van der Waals surface area contributed by atoms with Crippen molar-refractivity contribution in [2.45, 2.75) is 19.9 Å². The van der Waals surface area contributed by atoms with E-state index in [1.54, 1.807) is 29.1 Å². The molecule has 20 heavy (non-hydrogen) atoms. The van der Waals surface area contributed by atoms with Gasteiger partial charge >= 0.3 is 0 Å². The maximum atomic E-state index is 12.2. The Morgan fingerprint density at radius 3 is 2.65 bits per heavy atom. The van der Waals surface area contributed by atoms with Gasteiger partial charge in [0.1, 0.15) is 0 Å². The molecule has 2 rings (SSSR count). The summed E-state index contributed by atoms with van der Waals surface area (Å²) >= 11 is 11.8. The molecule has 0 fully saturated rings. The van der Waals surface area contributed by atoms with Gasteiger partial charge < -0.3 is 5.32 Å². The van der Waals surface area contributed by atoms with Crippen molar-refractivity contribution in [1.29, 1.82) is 0 Å². The van der Waals surface area contributed by atoms with Crippen molar-refractivity contribution < 1.29 is 4.79 Å². The summed E-state index contributed by atoms with van der Waals surface area (Å²) in [4.78, 5) is 12.2. The molecule has 1 aromatic heterocycles. The van der Waals surface area contributed by atoms with E-state index in [1.807, 2.05) is 20.9 Å². The molecule has 0 aliphatic heterocycles. The van der Waals surface area contributed by atoms with E-state index in [4.69, 9.17) is 23.2 Å². The SMILES string of the molecule is Cc1c(C(C)NC(=O)c2ccc(Cl)cc2Cl)cnn1C. The second kappa shape index (κ2) is 5.85. The summed E-state index contributed by atoms with van der Waals surface area (Å²) in [5.74, 6) is -0.234. The standard InChI is InChI=1S/C14H15Cl2N3O/c1-8(12-7-17-19(3)9(12)2)18-14(20)11-5-4-10(15)6-13(11)16/h4-8H,1-3H3,(H,18,20). The van der Waals surface area contributed by atoms with Crippen molar-refractivity contribution in [3.63, 3.8) is 0 Å². The molecule has 0 spiro atoms. The smallest absolute Gasteiger partial charge is 0.253 e. The third-order valence-corrected chi connectivity index (χ3v) is 3.81. The number of carbonyl (C=O) groups is 1. The predicted octanol–water partition coefficient (Wildman–Crippen LogP) is 3.53. The lowest BCUT2D eigenvalue weighted by molar-refractivity contribution is 0.0940. The summed E-state index contributed by atoms with van der Waals surface area (Å²) in [6.45, 7) is 3.87. The Balaban J connectivity index is 2.17. The first-order valence-corrected chi connectivity index (χ1v) is 6.90. The maximum Gasteiger partial charge on any atom is 0.253 e. The zero-order valence-corrected chi connectivity index (χ0v) is 13.0. The molecule has 0 radical (unpaired) electrons. The van der Waals surface area contributed by atoms with Crippen LogP contribution >= 0.6 is 23.2 Å². The molecular formula is C14H15Cl2N3O. The third-order valence-electron chi connectivity index (χ3n) is 3.26. The number of nitrogens with zero attached hydrogens (tertiary/aromatic N) is 2. The van der Waals surface area contributed by atoms with Crippen LogP contribution < -0.4 is 5.32 Å². The number of hydrogen-bond acceptors (Lipinski definition) is 2. The Morgan fingerprint density at radius 2 is 2.10 bits per heavy atom. The average Bonchev–Trinajstić information content (AvgIpc) is 2.69. The van der Waals surface area contributed by atoms with Crippen LogP contribution in [0.3, 0.4) is 0 Å². The highest BCUT2D eigenvalue weighted by Gasteiger charge is 2.17. The van der Waals surface area contributed by atoms with E-state index in [0.29, 0.717) is 15.6 Å². The van der Waals surface area contributed by atoms with Crippen LogP contribution in [-0.2, 0) is 7.05 Å². The summed E-state index contributed by atoms with van der Waals surface area (Å²) in [6, 6.07) is 4.66. The van der Waals surface area contributed by atoms with E-state index >= 15 is 0 Å². The first-order valence-electron chi connectivity index (χ1n) is 6.14. The molecule has 106 valence electrons. The Kier molecular flexibility index (Phi) is 4.35. The Morgan fingerprint density at radius 1 is 1.40 bits per heavy atom. The molecule has 0 saturated carbocycles. The highest BCUT2D eigenvalue weighted by Crippen LogP contribution is 2.22. The number of halogens is 2. The van der Waals surface area contributed by atoms with Crippen LogP contribution in [0.1, 0.15) is 34.6 Å². The lowest BCUT2D eigenvalue weighted by Gasteiger charge is -2.14. The number of aromatic nitrogens is 2. The van der Waals surface area contributed by atoms with Crippen LogP contribution in [0.15, 0.2) is 24.4 Å². The topological polar surface area (TPSA) is 46.9 Å². The molecule has 1 atom stereocenters. The number of carbonyl (C=O) groups excluding carboxylic acids is 1. The van der Waals surface area contributed by atoms with Crippen molar-refractivity contribution in [1.82, 2.24) is 15.1 Å². The van der Waals surface area contributed by atoms with Crippen molar-refractivity contribution >= 4 is 29.1 Å². The van der Waals surface area contributed by atoms with Crippen LogP contribution in [0.4, 0.5) is 0 Å². The van der Waals surface area contributed by atoms with E-state index in [0.717, 1.165) is 11.3 Å². The molecule has 0 bridgehead atoms. The van der Waals surface area contributed by atoms with Gasteiger partial charge in [-0.15, -0.1) is 0 Å². The van der Waals surface area contributed by atoms with E-state index in [9.17, 15) is 4.79 Å². The number of hydrogen-bond donors (Lipinski definition) is 1. The Labute approximate surface area is 127 Å². The molecule has 1 amide bonds. The summed E-state index contributed by atoms with van der Waals surface area (Å²) < 4.78 is 1.77. The molecule has 0 aliphatic carbocycles. The fourth-order valence-electron chi connectivity index (χ4n) is 1.97. The van der Waals surface area contributed by atoms with Gasteiger partial charge in [-0.1, -0.05) is 23.2 Å². The van der Waals surface area contributed by atoms with Gasteiger partial charge in [0.05, 0.1) is 22.8 Å². The van der Waals surface area contributed by atoms with Crippen LogP contribution in [0.2, 0.25) is 10.0 Å². The van der Waals surface area contributed by atoms with Gasteiger partial charge in [-0.25, -0.2) is 0 Å². The summed E-state index contributed by atoms with van der Waals surface area (Å²) in [5.41, 5.74) is 2.40. The molecule has 1 heterocycles. The van der Waals surface area contributed by atoms with Gasteiger partial charge in [-0.2, -0.15) is 5.10 Å². The van der Waals surface area contributed by atoms with E-state index in [-0.39, 0.29) is 11.9 Å². The first kappa shape index (κ1) is 14.9. The van der Waals surface area contributed by atoms with Gasteiger partial charge in [-0.05, 0) is 32.0 Å². The lowest BCUT2D eigenvalue weighted by Crippen LogP contribution is -2.27. The fraction of sp³-hybridized carbons (Fsp3) is 0.286. The number of rotatable bonds is 3. The van der Waals surface area contributed by atoms with Crippen molar-refractivity contribution in [3.8, 4) is 0 Å². The second-order valence-electron chi connectivity index (χ2n) is 4.63. The molecule has 0 aliphatic rings. The van der Waals surface area contributed by atoms with Gasteiger partial charge in [0, 0.05) is 23.3 Å². The highest BCUT2D eigenvalue weighted by molar-refractivity contribution is 6.36. The van der Waals surface area contributed by atoms with Gasteiger partial charge in [0.25, 0.3) is 5.91 Å². The van der Waals surface area contributed by atoms with E-state index in [1.165, 1.54) is 0 Å². The summed E-state index contributed by atoms with van der Waals surface area (Å²) in [5, 5.41) is 7.92. The Hall–Kier alpha value is -1.52. The normalized spacial score (nSPS) is 12.2. The molecule has 6 heteroatoms. The number of aryl methyl sites for hydroxylation is 1. The minimum absolute atomic E-state index is 0.150. The van der Waals surface area contributed by atoms with Crippen LogP contribution in [0.25, 0.3) is 0 Å². The third kappa shape index (κ3) is 2.97. The molecule has 1 unspecified atom stereocenters. The molecular weight excluding hydrogens is 297 g/mol. The monoisotopic (exact) mass is 311 g/mol. The quantitative estimate of drug-likeness (QED) is 0.942. The van der Waals surface area contributed by atoms with E-state index in [2.05, 4.69) is 10.4 Å². The minimum Gasteiger partial charge on any atom is -0.345 e. The summed E-state index contributed by atoms with van der Waals surface area (Å²) in [6.07, 6.45) is 1.75. The largest absolute Gasteiger partial charge is 0.345 e. The minimum atomic E-state index is -0.234. The number of nitrogens with one attached hydrogen (secondary N) is 1. The maximum absolute atomic E-state index is 12.2. The average molecular weight is 312 g/mol. The Bertz CT molecular complexity index is 652. The predicted molar refractivity (Wildman–Crippen MR) is 80.3 cm³/mol. The molecule has 1 aromatic carbocycles.